The summed E-state index contributed by atoms with van der Waals surface area (Å²) in [6.45, 7) is 2.26. The highest BCUT2D eigenvalue weighted by molar-refractivity contribution is 5.98. The first-order chi connectivity index (χ1) is 35.4. The number of carbonyl (C=O) groups excluding carboxylic acids is 9. The van der Waals surface area contributed by atoms with Gasteiger partial charge in [0.2, 0.25) is 53.2 Å². The van der Waals surface area contributed by atoms with Crippen LogP contribution in [-0.2, 0) is 54.4 Å². The molecule has 416 valence electrons. The number of fused-ring (bicyclic) bond motifs is 1. The van der Waals surface area contributed by atoms with Gasteiger partial charge in [-0.1, -0.05) is 38.5 Å². The minimum absolute atomic E-state index is 0.00503. The number of aromatic nitrogens is 1. The Hall–Kier alpha value is -8.12. The second kappa shape index (κ2) is 32.1. The average molecular weight is 1060 g/mol. The van der Waals surface area contributed by atoms with Crippen LogP contribution in [-0.4, -0.2) is 173 Å². The molecule has 1 aromatic heterocycles. The van der Waals surface area contributed by atoms with Crippen LogP contribution < -0.4 is 76.9 Å². The zero-order valence-electron chi connectivity index (χ0n) is 42.1. The van der Waals surface area contributed by atoms with E-state index in [9.17, 15) is 63.3 Å². The highest BCUT2D eigenvalue weighted by atomic mass is 16.4. The summed E-state index contributed by atoms with van der Waals surface area (Å²) >= 11 is 0. The SMILES string of the molecule is CC[C@H](C)[C@H](NC(=O)[C@H](CCC(N)=O)NC(=O)[C@H](CCCN=C(N)N)NC(=O)CN)C(=O)N[C@@H](CO)C(=O)N[C@@H](Cc1c[nH]c2ccccc12)C(=O)NCC(=O)N[C@@H](CCCN=C(N)N)C(=O)N[C@H](C(=O)O)[C@@H](C)O. The van der Waals surface area contributed by atoms with Crippen LogP contribution in [0, 0.1) is 5.92 Å². The second-order valence-electron chi connectivity index (χ2n) is 17.4. The summed E-state index contributed by atoms with van der Waals surface area (Å²) in [5.41, 5.74) is 33.5. The van der Waals surface area contributed by atoms with E-state index in [0.29, 0.717) is 16.5 Å². The van der Waals surface area contributed by atoms with Crippen LogP contribution in [0.15, 0.2) is 40.4 Å². The van der Waals surface area contributed by atoms with Crippen LogP contribution in [0.3, 0.4) is 0 Å². The van der Waals surface area contributed by atoms with Gasteiger partial charge >= 0.3 is 5.97 Å². The molecule has 0 unspecified atom stereocenters. The van der Waals surface area contributed by atoms with Crippen molar-refractivity contribution in [3.8, 4) is 0 Å². The molecule has 0 aliphatic rings. The van der Waals surface area contributed by atoms with Crippen molar-refractivity contribution in [2.75, 3.05) is 32.8 Å². The number of rotatable bonds is 34. The van der Waals surface area contributed by atoms with Crippen molar-refractivity contribution in [1.82, 2.24) is 47.5 Å². The number of aliphatic carboxylic acids is 1. The number of para-hydroxylation sites is 1. The Morgan fingerprint density at radius 2 is 1.15 bits per heavy atom. The van der Waals surface area contributed by atoms with E-state index < -0.39 is 140 Å². The molecule has 1 heterocycles. The number of nitrogens with zero attached hydrogens (tertiary/aromatic N) is 2. The number of hydrogen-bond acceptors (Lipinski definition) is 15. The van der Waals surface area contributed by atoms with E-state index in [1.165, 1.54) is 0 Å². The lowest BCUT2D eigenvalue weighted by Gasteiger charge is -2.29. The summed E-state index contributed by atoms with van der Waals surface area (Å²) in [7, 11) is 0. The number of aliphatic hydroxyl groups excluding tert-OH is 2. The molecule has 0 spiro atoms. The number of hydrogen-bond donors (Lipinski definition) is 18. The van der Waals surface area contributed by atoms with Crippen LogP contribution in [0.4, 0.5) is 0 Å². The Morgan fingerprint density at radius 3 is 1.67 bits per heavy atom. The number of nitrogens with one attached hydrogen (secondary N) is 9. The normalized spacial score (nSPS) is 14.5. The number of aromatic amines is 1. The average Bonchev–Trinajstić information content (AvgIpc) is 3.77. The third kappa shape index (κ3) is 22.3. The van der Waals surface area contributed by atoms with Gasteiger partial charge in [0.05, 0.1) is 25.8 Å². The standard InChI is InChI=1S/C45H73N17O13/c1-4-22(2)35(61-40(71)29(13-14-32(47)65)58-38(69)27(56-33(66)18-46)11-7-15-52-44(48)49)42(73)60-31(21-63)41(72)59-30(17-24-19-54-26-10-6-5-9-25(24)26)37(68)55-20-34(67)57-28(12-8-16-53-45(50)51)39(70)62-36(23(3)64)43(74)75/h5-6,9-10,19,22-23,27-31,35-36,54,63-64H,4,7-8,11-18,20-21,46H2,1-3H3,(H2,47,65)(H,55,68)(H,56,66)(H,57,67)(H,58,69)(H,59,72)(H,60,73)(H,61,71)(H,62,70)(H,74,75)(H4,48,49,52)(H4,50,51,53)/t22-,23+,27-,28-,29-,30-,31-,35-,36-/m0/s1. The van der Waals surface area contributed by atoms with Crippen molar-refractivity contribution in [2.45, 2.75) is 121 Å². The maximum atomic E-state index is 14.0. The molecule has 30 heteroatoms. The smallest absolute Gasteiger partial charge is 0.328 e. The van der Waals surface area contributed by atoms with E-state index in [1.54, 1.807) is 44.3 Å². The Balaban J connectivity index is 2.38. The molecule has 30 nitrogen and oxygen atoms in total. The molecule has 1 aromatic carbocycles. The summed E-state index contributed by atoms with van der Waals surface area (Å²) in [6, 6.07) is -3.56. The van der Waals surface area contributed by atoms with E-state index in [2.05, 4.69) is 57.5 Å². The molecule has 2 aromatic rings. The zero-order chi connectivity index (χ0) is 56.4. The molecule has 9 amide bonds. The molecule has 0 saturated carbocycles. The summed E-state index contributed by atoms with van der Waals surface area (Å²) < 4.78 is 0. The lowest BCUT2D eigenvalue weighted by Crippen LogP contribution is -2.61. The lowest BCUT2D eigenvalue weighted by atomic mass is 9.97. The maximum absolute atomic E-state index is 14.0. The second-order valence-corrected chi connectivity index (χ2v) is 17.4. The highest BCUT2D eigenvalue weighted by Crippen LogP contribution is 2.19. The van der Waals surface area contributed by atoms with Crippen molar-refractivity contribution in [1.29, 1.82) is 0 Å². The molecule has 24 N–H and O–H groups in total. The molecule has 75 heavy (non-hydrogen) atoms. The number of amides is 9. The Bertz CT molecular complexity index is 2350. The van der Waals surface area contributed by atoms with Crippen LogP contribution in [0.1, 0.15) is 71.3 Å². The van der Waals surface area contributed by atoms with Crippen LogP contribution >= 0.6 is 0 Å². The summed E-state index contributed by atoms with van der Waals surface area (Å²) in [4.78, 5) is 142. The molecular formula is C45H73N17O13. The monoisotopic (exact) mass is 1060 g/mol. The molecule has 0 bridgehead atoms. The van der Waals surface area contributed by atoms with Gasteiger partial charge in [-0.25, -0.2) is 4.79 Å². The number of aliphatic hydroxyl groups is 2. The summed E-state index contributed by atoms with van der Waals surface area (Å²) in [5, 5.41) is 49.8. The Kier molecular flexibility index (Phi) is 27.0. The zero-order valence-corrected chi connectivity index (χ0v) is 42.1. The van der Waals surface area contributed by atoms with Gasteiger partial charge in [-0.05, 0) is 56.6 Å². The van der Waals surface area contributed by atoms with Crippen LogP contribution in [0.2, 0.25) is 0 Å². The van der Waals surface area contributed by atoms with Gasteiger partial charge in [0.1, 0.15) is 36.3 Å². The van der Waals surface area contributed by atoms with E-state index in [1.807, 2.05) is 0 Å². The van der Waals surface area contributed by atoms with Crippen molar-refractivity contribution >= 4 is 82.0 Å². The molecule has 0 aliphatic carbocycles. The number of aliphatic imine (C=N–C) groups is 2. The number of guanidine groups is 2. The van der Waals surface area contributed by atoms with Gasteiger partial charge in [-0.3, -0.25) is 53.1 Å². The number of benzene rings is 1. The van der Waals surface area contributed by atoms with Crippen molar-refractivity contribution in [3.05, 3.63) is 36.0 Å². The van der Waals surface area contributed by atoms with Crippen LogP contribution in [0.5, 0.6) is 0 Å². The first-order valence-electron chi connectivity index (χ1n) is 24.0. The number of nitrogens with two attached hydrogens (primary N) is 6. The Labute approximate surface area is 431 Å². The molecule has 9 atom stereocenters. The fourth-order valence-corrected chi connectivity index (χ4v) is 7.22. The molecule has 2 rings (SSSR count). The number of carboxylic acid groups (broad SMARTS) is 1. The minimum atomic E-state index is -1.76. The first kappa shape index (κ1) is 63.0. The predicted molar refractivity (Wildman–Crippen MR) is 272 cm³/mol. The summed E-state index contributed by atoms with van der Waals surface area (Å²) in [5.74, 6) is -10.9. The number of carbonyl (C=O) groups is 10. The maximum Gasteiger partial charge on any atom is 0.328 e. The van der Waals surface area contributed by atoms with Gasteiger partial charge in [0.25, 0.3) is 0 Å². The molecule has 0 saturated heterocycles. The van der Waals surface area contributed by atoms with Crippen molar-refractivity contribution < 1.29 is 63.3 Å². The van der Waals surface area contributed by atoms with Gasteiger partial charge < -0.3 is 97.2 Å². The minimum Gasteiger partial charge on any atom is -0.480 e. The fourth-order valence-electron chi connectivity index (χ4n) is 7.22. The van der Waals surface area contributed by atoms with E-state index in [-0.39, 0.29) is 70.0 Å². The van der Waals surface area contributed by atoms with Gasteiger partial charge in [-0.2, -0.15) is 0 Å². The van der Waals surface area contributed by atoms with Gasteiger partial charge in [-0.15, -0.1) is 0 Å². The topological polar surface area (TPSA) is 524 Å². The van der Waals surface area contributed by atoms with Crippen molar-refractivity contribution in [3.63, 3.8) is 0 Å². The largest absolute Gasteiger partial charge is 0.480 e. The fraction of sp³-hybridized carbons (Fsp3) is 0.556. The predicted octanol–water partition coefficient (Wildman–Crippen LogP) is -6.94. The quantitative estimate of drug-likeness (QED) is 0.0176. The van der Waals surface area contributed by atoms with Crippen LogP contribution in [0.25, 0.3) is 10.9 Å². The molecule has 0 aliphatic heterocycles. The van der Waals surface area contributed by atoms with Gasteiger partial charge in [0, 0.05) is 43.0 Å². The number of carboxylic acids is 1. The van der Waals surface area contributed by atoms with Gasteiger partial charge in [0.15, 0.2) is 18.0 Å². The van der Waals surface area contributed by atoms with E-state index in [0.717, 1.165) is 6.92 Å². The Morgan fingerprint density at radius 1 is 0.640 bits per heavy atom. The third-order valence-corrected chi connectivity index (χ3v) is 11.5. The molecule has 0 radical (unpaired) electrons. The van der Waals surface area contributed by atoms with E-state index in [4.69, 9.17) is 34.4 Å². The number of primary amides is 1. The third-order valence-electron chi connectivity index (χ3n) is 11.5. The summed E-state index contributed by atoms with van der Waals surface area (Å²) in [6.07, 6.45) is -0.404. The van der Waals surface area contributed by atoms with Crippen molar-refractivity contribution in [2.24, 2.45) is 50.3 Å². The molecular weight excluding hydrogens is 987 g/mol. The molecule has 0 fully saturated rings. The van der Waals surface area contributed by atoms with E-state index >= 15 is 0 Å². The highest BCUT2D eigenvalue weighted by Gasteiger charge is 2.35. The first-order valence-corrected chi connectivity index (χ1v) is 24.0. The lowest BCUT2D eigenvalue weighted by molar-refractivity contribution is -0.145. The number of H-pyrrole nitrogens is 1.